The monoisotopic (exact) mass is 384 g/mol. The molecule has 1 heterocycles. The molecule has 0 radical (unpaired) electrons. The third-order valence-electron chi connectivity index (χ3n) is 5.30. The van der Waals surface area contributed by atoms with Crippen molar-refractivity contribution >= 4 is 23.3 Å². The lowest BCUT2D eigenvalue weighted by Gasteiger charge is -2.25. The highest BCUT2D eigenvalue weighted by Gasteiger charge is 2.23. The van der Waals surface area contributed by atoms with Crippen molar-refractivity contribution in [1.29, 1.82) is 0 Å². The number of benzene rings is 2. The predicted octanol–water partition coefficient (Wildman–Crippen LogP) is 6.44. The highest BCUT2D eigenvalue weighted by molar-refractivity contribution is 6.30. The van der Waals surface area contributed by atoms with Gasteiger partial charge in [0.2, 0.25) is 0 Å². The summed E-state index contributed by atoms with van der Waals surface area (Å²) < 4.78 is 0. The number of hydrogen-bond acceptors (Lipinski definition) is 1. The molecule has 0 aliphatic carbocycles. The van der Waals surface area contributed by atoms with Crippen LogP contribution in [-0.4, -0.2) is 24.0 Å². The second-order valence-corrected chi connectivity index (χ2v) is 8.88. The smallest absolute Gasteiger partial charge is 0.321 e. The summed E-state index contributed by atoms with van der Waals surface area (Å²) >= 11 is 6.02. The first-order valence-electron chi connectivity index (χ1n) is 9.75. The average molecular weight is 385 g/mol. The Bertz CT molecular complexity index is 762. The van der Waals surface area contributed by atoms with Crippen LogP contribution in [0.15, 0.2) is 48.5 Å². The minimum absolute atomic E-state index is 0.0145. The van der Waals surface area contributed by atoms with Crippen LogP contribution in [0.5, 0.6) is 0 Å². The van der Waals surface area contributed by atoms with Crippen molar-refractivity contribution in [3.63, 3.8) is 0 Å². The molecule has 0 saturated carbocycles. The topological polar surface area (TPSA) is 32.3 Å². The maximum atomic E-state index is 12.8. The molecule has 1 fully saturated rings. The van der Waals surface area contributed by atoms with Crippen molar-refractivity contribution < 1.29 is 4.79 Å². The van der Waals surface area contributed by atoms with Gasteiger partial charge in [0, 0.05) is 29.7 Å². The van der Waals surface area contributed by atoms with E-state index in [0.29, 0.717) is 5.92 Å². The third-order valence-corrected chi connectivity index (χ3v) is 5.55. The van der Waals surface area contributed by atoms with E-state index in [4.69, 9.17) is 11.6 Å². The zero-order valence-electron chi connectivity index (χ0n) is 16.5. The first-order valence-corrected chi connectivity index (χ1v) is 10.1. The standard InChI is InChI=1S/C23H29ClN2O/c1-23(2,3)19-9-13-21(14-10-19)25-22(27)26-15-5-4-6-18(16-26)17-7-11-20(24)12-8-17/h7-14,18H,4-6,15-16H2,1-3H3,(H,25,27). The van der Waals surface area contributed by atoms with E-state index in [2.05, 4.69) is 50.4 Å². The summed E-state index contributed by atoms with van der Waals surface area (Å²) in [5.41, 5.74) is 3.48. The van der Waals surface area contributed by atoms with Gasteiger partial charge in [-0.05, 0) is 53.6 Å². The van der Waals surface area contributed by atoms with Gasteiger partial charge in [0.15, 0.2) is 0 Å². The molecular weight excluding hydrogens is 356 g/mol. The quantitative estimate of drug-likeness (QED) is 0.634. The van der Waals surface area contributed by atoms with Crippen LogP contribution in [0.2, 0.25) is 5.02 Å². The number of hydrogen-bond donors (Lipinski definition) is 1. The fourth-order valence-corrected chi connectivity index (χ4v) is 3.72. The van der Waals surface area contributed by atoms with Gasteiger partial charge < -0.3 is 10.2 Å². The van der Waals surface area contributed by atoms with E-state index in [0.717, 1.165) is 43.1 Å². The molecular formula is C23H29ClN2O. The lowest BCUT2D eigenvalue weighted by Crippen LogP contribution is -2.37. The van der Waals surface area contributed by atoms with Crippen LogP contribution < -0.4 is 5.32 Å². The second-order valence-electron chi connectivity index (χ2n) is 8.45. The summed E-state index contributed by atoms with van der Waals surface area (Å²) in [6.07, 6.45) is 3.28. The number of nitrogens with one attached hydrogen (secondary N) is 1. The molecule has 2 aromatic carbocycles. The maximum absolute atomic E-state index is 12.8. The highest BCUT2D eigenvalue weighted by atomic mass is 35.5. The minimum Gasteiger partial charge on any atom is -0.324 e. The summed E-state index contributed by atoms with van der Waals surface area (Å²) in [5, 5.41) is 3.82. The van der Waals surface area contributed by atoms with Gasteiger partial charge in [0.25, 0.3) is 0 Å². The molecule has 2 amide bonds. The molecule has 1 N–H and O–H groups in total. The summed E-state index contributed by atoms with van der Waals surface area (Å²) in [6.45, 7) is 8.11. The van der Waals surface area contributed by atoms with Crippen molar-refractivity contribution in [1.82, 2.24) is 4.90 Å². The van der Waals surface area contributed by atoms with Crippen molar-refractivity contribution in [3.8, 4) is 0 Å². The van der Waals surface area contributed by atoms with Crippen LogP contribution in [0, 0.1) is 0 Å². The van der Waals surface area contributed by atoms with Crippen LogP contribution in [0.3, 0.4) is 0 Å². The molecule has 2 aromatic rings. The molecule has 3 nitrogen and oxygen atoms in total. The molecule has 1 atom stereocenters. The van der Waals surface area contributed by atoms with Crippen LogP contribution in [-0.2, 0) is 5.41 Å². The van der Waals surface area contributed by atoms with Crippen molar-refractivity contribution in [2.75, 3.05) is 18.4 Å². The van der Waals surface area contributed by atoms with Gasteiger partial charge in [-0.1, -0.05) is 63.1 Å². The molecule has 0 bridgehead atoms. The fourth-order valence-electron chi connectivity index (χ4n) is 3.59. The van der Waals surface area contributed by atoms with Crippen molar-refractivity contribution in [2.45, 2.75) is 51.4 Å². The number of urea groups is 1. The van der Waals surface area contributed by atoms with E-state index in [1.165, 1.54) is 11.1 Å². The first-order chi connectivity index (χ1) is 12.8. The molecule has 3 rings (SSSR count). The Morgan fingerprint density at radius 3 is 2.33 bits per heavy atom. The minimum atomic E-state index is -0.0145. The number of nitrogens with zero attached hydrogens (tertiary/aromatic N) is 1. The van der Waals surface area contributed by atoms with E-state index in [1.54, 1.807) is 0 Å². The second kappa shape index (κ2) is 8.35. The maximum Gasteiger partial charge on any atom is 0.321 e. The zero-order chi connectivity index (χ0) is 19.4. The molecule has 4 heteroatoms. The number of anilines is 1. The molecule has 1 unspecified atom stereocenters. The Kier molecular flexibility index (Phi) is 6.11. The SMILES string of the molecule is CC(C)(C)c1ccc(NC(=O)N2CCCCC(c3ccc(Cl)cc3)C2)cc1. The first kappa shape index (κ1) is 19.8. The van der Waals surface area contributed by atoms with Gasteiger partial charge in [-0.15, -0.1) is 0 Å². The Balaban J connectivity index is 1.67. The number of amides is 2. The predicted molar refractivity (Wildman–Crippen MR) is 114 cm³/mol. The van der Waals surface area contributed by atoms with Crippen molar-refractivity contribution in [2.24, 2.45) is 0 Å². The lowest BCUT2D eigenvalue weighted by atomic mass is 9.87. The molecule has 144 valence electrons. The summed E-state index contributed by atoms with van der Waals surface area (Å²) in [6, 6.07) is 16.2. The largest absolute Gasteiger partial charge is 0.324 e. The van der Waals surface area contributed by atoms with Crippen molar-refractivity contribution in [3.05, 3.63) is 64.7 Å². The number of halogens is 1. The Morgan fingerprint density at radius 2 is 1.70 bits per heavy atom. The van der Waals surface area contributed by atoms with Gasteiger partial charge in [0.05, 0.1) is 0 Å². The summed E-state index contributed by atoms with van der Waals surface area (Å²) in [7, 11) is 0. The number of carbonyl (C=O) groups is 1. The van der Waals surface area contributed by atoms with E-state index in [-0.39, 0.29) is 11.4 Å². The summed E-state index contributed by atoms with van der Waals surface area (Å²) in [5.74, 6) is 0.360. The molecule has 0 spiro atoms. The van der Waals surface area contributed by atoms with E-state index in [9.17, 15) is 4.79 Å². The highest BCUT2D eigenvalue weighted by Crippen LogP contribution is 2.28. The number of carbonyl (C=O) groups excluding carboxylic acids is 1. The van der Waals surface area contributed by atoms with Gasteiger partial charge >= 0.3 is 6.03 Å². The zero-order valence-corrected chi connectivity index (χ0v) is 17.2. The van der Waals surface area contributed by atoms with Crippen LogP contribution >= 0.6 is 11.6 Å². The number of rotatable bonds is 2. The Hall–Kier alpha value is -2.00. The van der Waals surface area contributed by atoms with Crippen LogP contribution in [0.25, 0.3) is 0 Å². The Morgan fingerprint density at radius 1 is 1.04 bits per heavy atom. The molecule has 27 heavy (non-hydrogen) atoms. The molecule has 0 aromatic heterocycles. The number of likely N-dealkylation sites (tertiary alicyclic amines) is 1. The van der Waals surface area contributed by atoms with Gasteiger partial charge in [-0.25, -0.2) is 4.79 Å². The lowest BCUT2D eigenvalue weighted by molar-refractivity contribution is 0.211. The van der Waals surface area contributed by atoms with E-state index >= 15 is 0 Å². The molecule has 1 aliphatic heterocycles. The van der Waals surface area contributed by atoms with Gasteiger partial charge in [0.1, 0.15) is 0 Å². The van der Waals surface area contributed by atoms with Gasteiger partial charge in [-0.2, -0.15) is 0 Å². The molecule has 1 saturated heterocycles. The fraction of sp³-hybridized carbons (Fsp3) is 0.435. The summed E-state index contributed by atoms with van der Waals surface area (Å²) in [4.78, 5) is 14.8. The molecule has 1 aliphatic rings. The third kappa shape index (κ3) is 5.26. The van der Waals surface area contributed by atoms with Crippen LogP contribution in [0.1, 0.15) is 57.1 Å². The normalized spacial score (nSPS) is 18.1. The van der Waals surface area contributed by atoms with Crippen LogP contribution in [0.4, 0.5) is 10.5 Å². The van der Waals surface area contributed by atoms with Gasteiger partial charge in [-0.3, -0.25) is 0 Å². The Labute approximate surface area is 167 Å². The average Bonchev–Trinajstić information content (AvgIpc) is 2.88. The van der Waals surface area contributed by atoms with E-state index < -0.39 is 0 Å². The van der Waals surface area contributed by atoms with E-state index in [1.807, 2.05) is 29.2 Å².